The van der Waals surface area contributed by atoms with E-state index in [2.05, 4.69) is 0 Å². The lowest BCUT2D eigenvalue weighted by molar-refractivity contribution is 0.614. The van der Waals surface area contributed by atoms with Gasteiger partial charge in [0.2, 0.25) is 0 Å². The van der Waals surface area contributed by atoms with Crippen molar-refractivity contribution >= 4 is 19.1 Å². The third-order valence-corrected chi connectivity index (χ3v) is 0.539. The smallest absolute Gasteiger partial charge is 0.297 e. The van der Waals surface area contributed by atoms with Crippen molar-refractivity contribution in [1.29, 1.82) is 0 Å². The summed E-state index contributed by atoms with van der Waals surface area (Å²) in [5.74, 6) is 2.09. The summed E-state index contributed by atoms with van der Waals surface area (Å²) in [6, 6.07) is 0. The zero-order valence-electron chi connectivity index (χ0n) is 3.39. The minimum Gasteiger partial charge on any atom is -0.450 e. The summed E-state index contributed by atoms with van der Waals surface area (Å²) < 4.78 is 0. The SMILES string of the molecule is OB/C=C/CCl. The van der Waals surface area contributed by atoms with Crippen LogP contribution in [-0.2, 0) is 0 Å². The van der Waals surface area contributed by atoms with Crippen molar-refractivity contribution < 1.29 is 5.02 Å². The number of allylic oxidation sites excluding steroid dienone is 1. The Kier molecular flexibility index (Phi) is 5.10. The molecule has 0 unspecified atom stereocenters. The molecule has 0 aromatic heterocycles. The molecule has 0 saturated carbocycles. The van der Waals surface area contributed by atoms with E-state index in [-0.39, 0.29) is 7.48 Å². The van der Waals surface area contributed by atoms with Crippen molar-refractivity contribution in [3.8, 4) is 0 Å². The van der Waals surface area contributed by atoms with E-state index in [9.17, 15) is 0 Å². The van der Waals surface area contributed by atoms with Crippen LogP contribution >= 0.6 is 11.6 Å². The maximum Gasteiger partial charge on any atom is 0.297 e. The third-order valence-electron chi connectivity index (χ3n) is 0.361. The summed E-state index contributed by atoms with van der Waals surface area (Å²) in [5.41, 5.74) is 0. The van der Waals surface area contributed by atoms with Crippen LogP contribution in [0.4, 0.5) is 0 Å². The Hall–Kier alpha value is 0.0549. The molecule has 0 atom stereocenters. The second-order valence-electron chi connectivity index (χ2n) is 0.808. The highest BCUT2D eigenvalue weighted by Crippen LogP contribution is 1.73. The largest absolute Gasteiger partial charge is 0.450 e. The second-order valence-corrected chi connectivity index (χ2v) is 1.12. The number of halogens is 1. The van der Waals surface area contributed by atoms with Crippen LogP contribution in [0.2, 0.25) is 0 Å². The second kappa shape index (κ2) is 5.05. The Morgan fingerprint density at radius 3 is 2.67 bits per heavy atom. The van der Waals surface area contributed by atoms with Gasteiger partial charge in [-0.3, -0.25) is 0 Å². The van der Waals surface area contributed by atoms with E-state index in [4.69, 9.17) is 16.6 Å². The molecule has 0 aliphatic carbocycles. The molecule has 0 rings (SSSR count). The summed E-state index contributed by atoms with van der Waals surface area (Å²) >= 11 is 5.18. The Balaban J connectivity index is 2.73. The van der Waals surface area contributed by atoms with E-state index >= 15 is 0 Å². The van der Waals surface area contributed by atoms with Crippen LogP contribution in [0.25, 0.3) is 0 Å². The van der Waals surface area contributed by atoms with Crippen molar-refractivity contribution in [3.63, 3.8) is 0 Å². The normalized spacial score (nSPS) is 9.67. The van der Waals surface area contributed by atoms with Gasteiger partial charge in [-0.25, -0.2) is 0 Å². The standard InChI is InChI=1S/C3H6BClO/c5-3-1-2-4-6/h1-2,4,6H,3H2/b2-1+. The number of rotatable bonds is 2. The first kappa shape index (κ1) is 6.05. The first-order chi connectivity index (χ1) is 2.91. The summed E-state index contributed by atoms with van der Waals surface area (Å²) in [6.07, 6.45) is 1.70. The van der Waals surface area contributed by atoms with E-state index in [1.165, 1.54) is 0 Å². The molecule has 0 saturated heterocycles. The van der Waals surface area contributed by atoms with Crippen LogP contribution in [0.3, 0.4) is 0 Å². The summed E-state index contributed by atoms with van der Waals surface area (Å²) in [6.45, 7) is 0. The molecule has 0 radical (unpaired) electrons. The van der Waals surface area contributed by atoms with Crippen LogP contribution in [0.15, 0.2) is 12.1 Å². The highest BCUT2D eigenvalue weighted by molar-refractivity contribution is 6.33. The molecule has 0 spiro atoms. The lowest BCUT2D eigenvalue weighted by atomic mass is 10.0. The van der Waals surface area contributed by atoms with Gasteiger partial charge in [0, 0.05) is 5.88 Å². The molecule has 34 valence electrons. The summed E-state index contributed by atoms with van der Waals surface area (Å²) in [4.78, 5) is 0. The average Bonchev–Trinajstić information content (AvgIpc) is 1.61. The van der Waals surface area contributed by atoms with Gasteiger partial charge >= 0.3 is 0 Å². The molecule has 0 aromatic carbocycles. The van der Waals surface area contributed by atoms with Crippen LogP contribution < -0.4 is 0 Å². The fourth-order valence-electron chi connectivity index (χ4n) is 0.138. The Labute approximate surface area is 42.9 Å². The molecule has 0 bridgehead atoms. The highest BCUT2D eigenvalue weighted by Gasteiger charge is 1.66. The van der Waals surface area contributed by atoms with Crippen LogP contribution in [-0.4, -0.2) is 18.4 Å². The fourth-order valence-corrected chi connectivity index (χ4v) is 0.264. The van der Waals surface area contributed by atoms with Gasteiger partial charge in [0.15, 0.2) is 0 Å². The van der Waals surface area contributed by atoms with Gasteiger partial charge in [-0.2, -0.15) is 0 Å². The van der Waals surface area contributed by atoms with Gasteiger partial charge in [0.1, 0.15) is 0 Å². The first-order valence-corrected chi connectivity index (χ1v) is 2.27. The van der Waals surface area contributed by atoms with E-state index < -0.39 is 0 Å². The van der Waals surface area contributed by atoms with Crippen molar-refractivity contribution in [1.82, 2.24) is 0 Å². The maximum absolute atomic E-state index is 8.05. The number of hydrogen-bond acceptors (Lipinski definition) is 1. The zero-order valence-corrected chi connectivity index (χ0v) is 4.15. The van der Waals surface area contributed by atoms with Crippen LogP contribution in [0.5, 0.6) is 0 Å². The van der Waals surface area contributed by atoms with E-state index in [1.54, 1.807) is 12.1 Å². The van der Waals surface area contributed by atoms with E-state index in [0.29, 0.717) is 5.88 Å². The molecule has 0 aliphatic heterocycles. The fraction of sp³-hybridized carbons (Fsp3) is 0.333. The average molecular weight is 104 g/mol. The number of hydrogen-bond donors (Lipinski definition) is 1. The quantitative estimate of drug-likeness (QED) is 0.389. The van der Waals surface area contributed by atoms with Gasteiger partial charge < -0.3 is 5.02 Å². The van der Waals surface area contributed by atoms with Gasteiger partial charge in [-0.1, -0.05) is 12.1 Å². The van der Waals surface area contributed by atoms with Gasteiger partial charge in [0.05, 0.1) is 0 Å². The van der Waals surface area contributed by atoms with Crippen LogP contribution in [0, 0.1) is 0 Å². The molecule has 1 N–H and O–H groups in total. The minimum absolute atomic E-state index is 0.0900. The first-order valence-electron chi connectivity index (χ1n) is 1.73. The highest BCUT2D eigenvalue weighted by atomic mass is 35.5. The molecule has 0 aliphatic rings. The summed E-state index contributed by atoms with van der Waals surface area (Å²) in [7, 11) is 0.0900. The van der Waals surface area contributed by atoms with Crippen molar-refractivity contribution in [2.24, 2.45) is 0 Å². The number of alkyl halides is 1. The lowest BCUT2D eigenvalue weighted by Crippen LogP contribution is -1.76. The van der Waals surface area contributed by atoms with E-state index in [1.807, 2.05) is 0 Å². The minimum atomic E-state index is 0.0900. The molecule has 6 heavy (non-hydrogen) atoms. The van der Waals surface area contributed by atoms with E-state index in [0.717, 1.165) is 0 Å². The van der Waals surface area contributed by atoms with Gasteiger partial charge in [-0.05, 0) is 0 Å². The molecule has 0 heterocycles. The molecular weight excluding hydrogens is 98.3 g/mol. The zero-order chi connectivity index (χ0) is 4.83. The van der Waals surface area contributed by atoms with Gasteiger partial charge in [0.25, 0.3) is 7.48 Å². The van der Waals surface area contributed by atoms with Gasteiger partial charge in [-0.15, -0.1) is 11.6 Å². The summed E-state index contributed by atoms with van der Waals surface area (Å²) in [5, 5.41) is 8.05. The molecule has 0 aromatic rings. The molecule has 0 fully saturated rings. The monoisotopic (exact) mass is 104 g/mol. The lowest BCUT2D eigenvalue weighted by Gasteiger charge is -1.68. The molecule has 0 amide bonds. The van der Waals surface area contributed by atoms with Crippen LogP contribution in [0.1, 0.15) is 0 Å². The maximum atomic E-state index is 8.05. The molecule has 3 heteroatoms. The third kappa shape index (κ3) is 4.05. The van der Waals surface area contributed by atoms with Crippen molar-refractivity contribution in [2.45, 2.75) is 0 Å². The molecular formula is C3H6BClO. The predicted molar refractivity (Wildman–Crippen MR) is 29.2 cm³/mol. The Morgan fingerprint density at radius 1 is 1.83 bits per heavy atom. The predicted octanol–water partition coefficient (Wildman–Crippen LogP) is 0.0827. The Bertz CT molecular complexity index is 40.1. The van der Waals surface area contributed by atoms with Crippen molar-refractivity contribution in [3.05, 3.63) is 12.1 Å². The molecule has 1 nitrogen and oxygen atoms in total. The Morgan fingerprint density at radius 2 is 2.50 bits per heavy atom. The topological polar surface area (TPSA) is 20.2 Å². The van der Waals surface area contributed by atoms with Crippen molar-refractivity contribution in [2.75, 3.05) is 5.88 Å².